The van der Waals surface area contributed by atoms with Crippen LogP contribution in [0, 0.1) is 0 Å². The van der Waals surface area contributed by atoms with Crippen LogP contribution in [0.3, 0.4) is 0 Å². The average molecular weight is 439 g/mol. The number of hydrogen-bond donors (Lipinski definition) is 0. The van der Waals surface area contributed by atoms with Gasteiger partial charge in [0, 0.05) is 70.1 Å². The quantitative estimate of drug-likeness (QED) is 0.690. The maximum Gasteiger partial charge on any atom is 0.225 e. The summed E-state index contributed by atoms with van der Waals surface area (Å²) in [5.41, 5.74) is 3.04. The molecule has 8 nitrogen and oxygen atoms in total. The van der Waals surface area contributed by atoms with Crippen molar-refractivity contribution in [2.75, 3.05) is 37.7 Å². The van der Waals surface area contributed by atoms with Crippen molar-refractivity contribution in [2.24, 2.45) is 7.05 Å². The highest BCUT2D eigenvalue weighted by molar-refractivity contribution is 5.76. The number of aryl methyl sites for hydroxylation is 1. The van der Waals surface area contributed by atoms with Crippen molar-refractivity contribution in [3.05, 3.63) is 24.2 Å². The Labute approximate surface area is 190 Å². The zero-order chi connectivity index (χ0) is 21.9. The summed E-state index contributed by atoms with van der Waals surface area (Å²) in [6.07, 6.45) is 12.3. The summed E-state index contributed by atoms with van der Waals surface area (Å²) in [6, 6.07) is 1.98. The van der Waals surface area contributed by atoms with Crippen LogP contribution in [0.1, 0.15) is 63.0 Å². The van der Waals surface area contributed by atoms with Gasteiger partial charge in [-0.2, -0.15) is 5.10 Å². The Hall–Kier alpha value is -2.48. The topological polar surface area (TPSA) is 76.4 Å². The van der Waals surface area contributed by atoms with Crippen LogP contribution < -0.4 is 4.90 Å². The molecule has 2 unspecified atom stereocenters. The SMILES string of the molecule is Cn1cc(-c2ccnc(N3CCCC3)n2)c(C2CCCN(C(=O)CCC3CCCO3)C2)n1. The fourth-order valence-electron chi connectivity index (χ4n) is 5.31. The van der Waals surface area contributed by atoms with Crippen molar-refractivity contribution in [3.63, 3.8) is 0 Å². The Bertz CT molecular complexity index is 932. The Balaban J connectivity index is 1.31. The van der Waals surface area contributed by atoms with Crippen molar-refractivity contribution >= 4 is 11.9 Å². The van der Waals surface area contributed by atoms with E-state index in [0.29, 0.717) is 6.42 Å². The molecule has 0 aromatic carbocycles. The molecule has 0 saturated carbocycles. The van der Waals surface area contributed by atoms with E-state index in [1.165, 1.54) is 12.8 Å². The first kappa shape index (κ1) is 21.4. The minimum Gasteiger partial charge on any atom is -0.378 e. The molecule has 0 spiro atoms. The summed E-state index contributed by atoms with van der Waals surface area (Å²) >= 11 is 0. The summed E-state index contributed by atoms with van der Waals surface area (Å²) < 4.78 is 7.57. The van der Waals surface area contributed by atoms with Crippen LogP contribution in [-0.4, -0.2) is 69.4 Å². The number of carbonyl (C=O) groups excluding carboxylic acids is 1. The van der Waals surface area contributed by atoms with E-state index in [-0.39, 0.29) is 17.9 Å². The molecule has 3 fully saturated rings. The largest absolute Gasteiger partial charge is 0.378 e. The third kappa shape index (κ3) is 4.65. The number of nitrogens with zero attached hydrogens (tertiary/aromatic N) is 6. The normalized spacial score (nSPS) is 23.8. The molecular weight excluding hydrogens is 404 g/mol. The summed E-state index contributed by atoms with van der Waals surface area (Å²) in [5.74, 6) is 1.29. The van der Waals surface area contributed by atoms with Gasteiger partial charge >= 0.3 is 0 Å². The van der Waals surface area contributed by atoms with Crippen molar-refractivity contribution < 1.29 is 9.53 Å². The maximum atomic E-state index is 12.9. The van der Waals surface area contributed by atoms with Crippen molar-refractivity contribution in [1.29, 1.82) is 0 Å². The summed E-state index contributed by atoms with van der Waals surface area (Å²) in [7, 11) is 1.96. The molecule has 0 aliphatic carbocycles. The van der Waals surface area contributed by atoms with Crippen molar-refractivity contribution in [3.8, 4) is 11.3 Å². The minimum atomic E-state index is 0.233. The molecule has 2 atom stereocenters. The van der Waals surface area contributed by atoms with Crippen molar-refractivity contribution in [1.82, 2.24) is 24.6 Å². The third-order valence-corrected chi connectivity index (χ3v) is 7.03. The van der Waals surface area contributed by atoms with Crippen LogP contribution >= 0.6 is 0 Å². The predicted octanol–water partition coefficient (Wildman–Crippen LogP) is 3.14. The second-order valence-electron chi connectivity index (χ2n) is 9.39. The number of aromatic nitrogens is 4. The molecule has 3 aliphatic heterocycles. The maximum absolute atomic E-state index is 12.9. The van der Waals surface area contributed by atoms with Crippen molar-refractivity contribution in [2.45, 2.75) is 63.4 Å². The molecule has 2 aromatic heterocycles. The van der Waals surface area contributed by atoms with Crippen LogP contribution in [0.25, 0.3) is 11.3 Å². The Kier molecular flexibility index (Phi) is 6.39. The van der Waals surface area contributed by atoms with Crippen LogP contribution in [0.4, 0.5) is 5.95 Å². The molecule has 2 aromatic rings. The molecule has 5 heterocycles. The van der Waals surface area contributed by atoms with Gasteiger partial charge in [-0.3, -0.25) is 9.48 Å². The van der Waals surface area contributed by atoms with E-state index in [1.807, 2.05) is 28.9 Å². The number of hydrogen-bond acceptors (Lipinski definition) is 6. The van der Waals surface area contributed by atoms with Gasteiger partial charge in [0.1, 0.15) is 0 Å². The van der Waals surface area contributed by atoms with E-state index in [2.05, 4.69) is 16.1 Å². The highest BCUT2D eigenvalue weighted by atomic mass is 16.5. The number of anilines is 1. The molecule has 172 valence electrons. The molecule has 1 amide bonds. The van der Waals surface area contributed by atoms with Crippen LogP contribution in [0.2, 0.25) is 0 Å². The smallest absolute Gasteiger partial charge is 0.225 e. The zero-order valence-electron chi connectivity index (χ0n) is 19.1. The summed E-state index contributed by atoms with van der Waals surface area (Å²) in [5, 5.41) is 4.83. The third-order valence-electron chi connectivity index (χ3n) is 7.03. The average Bonchev–Trinajstić information content (AvgIpc) is 3.60. The first-order chi connectivity index (χ1) is 15.7. The van der Waals surface area contributed by atoms with E-state index >= 15 is 0 Å². The second kappa shape index (κ2) is 9.57. The first-order valence-corrected chi connectivity index (χ1v) is 12.2. The van der Waals surface area contributed by atoms with Crippen LogP contribution in [0.15, 0.2) is 18.5 Å². The Morgan fingerprint density at radius 2 is 2.03 bits per heavy atom. The second-order valence-corrected chi connectivity index (χ2v) is 9.39. The summed E-state index contributed by atoms with van der Waals surface area (Å²) in [6.45, 7) is 4.47. The van der Waals surface area contributed by atoms with E-state index in [1.54, 1.807) is 0 Å². The molecule has 5 rings (SSSR count). The van der Waals surface area contributed by atoms with Gasteiger partial charge in [0.2, 0.25) is 11.9 Å². The lowest BCUT2D eigenvalue weighted by molar-refractivity contribution is -0.133. The molecule has 3 aliphatic rings. The molecule has 8 heteroatoms. The number of rotatable bonds is 6. The molecule has 0 N–H and O–H groups in total. The van der Waals surface area contributed by atoms with Gasteiger partial charge in [0.15, 0.2) is 0 Å². The first-order valence-electron chi connectivity index (χ1n) is 12.2. The van der Waals surface area contributed by atoms with E-state index in [4.69, 9.17) is 14.8 Å². The highest BCUT2D eigenvalue weighted by Gasteiger charge is 2.29. The minimum absolute atomic E-state index is 0.233. The van der Waals surface area contributed by atoms with E-state index < -0.39 is 0 Å². The van der Waals surface area contributed by atoms with Crippen LogP contribution in [-0.2, 0) is 16.6 Å². The number of likely N-dealkylation sites (tertiary alicyclic amines) is 1. The molecular formula is C24H34N6O2. The molecule has 32 heavy (non-hydrogen) atoms. The van der Waals surface area contributed by atoms with Gasteiger partial charge in [-0.1, -0.05) is 0 Å². The van der Waals surface area contributed by atoms with Gasteiger partial charge in [0.05, 0.1) is 17.5 Å². The lowest BCUT2D eigenvalue weighted by Crippen LogP contribution is -2.39. The predicted molar refractivity (Wildman–Crippen MR) is 122 cm³/mol. The fraction of sp³-hybridized carbons (Fsp3) is 0.667. The lowest BCUT2D eigenvalue weighted by Gasteiger charge is -2.32. The Morgan fingerprint density at radius 3 is 2.84 bits per heavy atom. The number of carbonyl (C=O) groups is 1. The fourth-order valence-corrected chi connectivity index (χ4v) is 5.31. The van der Waals surface area contributed by atoms with Crippen LogP contribution in [0.5, 0.6) is 0 Å². The highest BCUT2D eigenvalue weighted by Crippen LogP contribution is 2.34. The van der Waals surface area contributed by atoms with Gasteiger partial charge in [-0.25, -0.2) is 9.97 Å². The number of ether oxygens (including phenoxy) is 1. The van der Waals surface area contributed by atoms with Gasteiger partial charge in [-0.15, -0.1) is 0 Å². The molecule has 0 radical (unpaired) electrons. The Morgan fingerprint density at radius 1 is 1.16 bits per heavy atom. The lowest BCUT2D eigenvalue weighted by atomic mass is 9.91. The molecule has 0 bridgehead atoms. The van der Waals surface area contributed by atoms with E-state index in [0.717, 1.165) is 87.8 Å². The monoisotopic (exact) mass is 438 g/mol. The zero-order valence-corrected chi connectivity index (χ0v) is 19.1. The number of amides is 1. The summed E-state index contributed by atoms with van der Waals surface area (Å²) in [4.78, 5) is 26.6. The van der Waals surface area contributed by atoms with Gasteiger partial charge in [-0.05, 0) is 51.0 Å². The molecule has 3 saturated heterocycles. The van der Waals surface area contributed by atoms with Gasteiger partial charge < -0.3 is 14.5 Å². The van der Waals surface area contributed by atoms with Gasteiger partial charge in [0.25, 0.3) is 0 Å². The standard InChI is InChI=1S/C24H34N6O2/c1-28-17-20(21-10-11-25-24(26-21)29-12-2-3-13-29)23(27-28)18-6-4-14-30(16-18)22(31)9-8-19-7-5-15-32-19/h10-11,17-19H,2-9,12-16H2,1H3. The van der Waals surface area contributed by atoms with E-state index in [9.17, 15) is 4.79 Å². The number of piperidine rings is 1.